The van der Waals surface area contributed by atoms with E-state index in [9.17, 15) is 9.59 Å². The number of nitrogens with one attached hydrogen (secondary N) is 1. The SMILES string of the molecule is COC(=O)[C@@H](CCSC)NC(C)=O. The summed E-state index contributed by atoms with van der Waals surface area (Å²) in [7, 11) is 1.32. The molecule has 0 saturated carbocycles. The number of amides is 1. The van der Waals surface area contributed by atoms with Crippen molar-refractivity contribution in [2.75, 3.05) is 19.1 Å². The van der Waals surface area contributed by atoms with Gasteiger partial charge in [-0.25, -0.2) is 4.79 Å². The molecule has 0 aromatic carbocycles. The summed E-state index contributed by atoms with van der Waals surface area (Å²) in [6, 6.07) is -0.505. The maximum absolute atomic E-state index is 11.1. The van der Waals surface area contributed by atoms with Crippen molar-refractivity contribution in [3.05, 3.63) is 0 Å². The van der Waals surface area contributed by atoms with Crippen molar-refractivity contribution < 1.29 is 14.3 Å². The summed E-state index contributed by atoms with van der Waals surface area (Å²) in [6.45, 7) is 1.38. The number of methoxy groups -OCH3 is 1. The Morgan fingerprint density at radius 2 is 2.15 bits per heavy atom. The third-order valence-electron chi connectivity index (χ3n) is 1.47. The molecule has 0 aliphatic heterocycles. The van der Waals surface area contributed by atoms with Gasteiger partial charge in [0, 0.05) is 6.92 Å². The molecule has 0 aliphatic carbocycles. The predicted octanol–water partition coefficient (Wildman–Crippen LogP) is 0.417. The van der Waals surface area contributed by atoms with Crippen molar-refractivity contribution in [1.82, 2.24) is 5.32 Å². The molecule has 0 radical (unpaired) electrons. The van der Waals surface area contributed by atoms with Crippen molar-refractivity contribution in [2.45, 2.75) is 19.4 Å². The number of rotatable bonds is 5. The number of hydrogen-bond donors (Lipinski definition) is 1. The number of thioether (sulfide) groups is 1. The summed E-state index contributed by atoms with van der Waals surface area (Å²) in [5.41, 5.74) is 0. The Morgan fingerprint density at radius 3 is 2.54 bits per heavy atom. The molecule has 13 heavy (non-hydrogen) atoms. The second-order valence-corrected chi connectivity index (χ2v) is 3.54. The van der Waals surface area contributed by atoms with Gasteiger partial charge in [-0.3, -0.25) is 4.79 Å². The van der Waals surface area contributed by atoms with Gasteiger partial charge >= 0.3 is 5.97 Å². The first-order valence-electron chi connectivity index (χ1n) is 3.95. The van der Waals surface area contributed by atoms with E-state index < -0.39 is 6.04 Å². The van der Waals surface area contributed by atoms with Crippen LogP contribution in [0.25, 0.3) is 0 Å². The normalized spacial score (nSPS) is 11.9. The topological polar surface area (TPSA) is 55.4 Å². The molecule has 0 aliphatic rings. The molecule has 0 aromatic heterocycles. The molecule has 76 valence electrons. The number of hydrogen-bond acceptors (Lipinski definition) is 4. The smallest absolute Gasteiger partial charge is 0.328 e. The van der Waals surface area contributed by atoms with E-state index in [0.717, 1.165) is 5.75 Å². The largest absolute Gasteiger partial charge is 0.467 e. The molecule has 0 unspecified atom stereocenters. The zero-order valence-electron chi connectivity index (χ0n) is 8.12. The van der Waals surface area contributed by atoms with Gasteiger partial charge in [0.1, 0.15) is 6.04 Å². The van der Waals surface area contributed by atoms with Gasteiger partial charge in [0.15, 0.2) is 0 Å². The van der Waals surface area contributed by atoms with Crippen molar-refractivity contribution in [3.63, 3.8) is 0 Å². The van der Waals surface area contributed by atoms with Crippen molar-refractivity contribution in [3.8, 4) is 0 Å². The third-order valence-corrected chi connectivity index (χ3v) is 2.12. The molecule has 1 amide bonds. The monoisotopic (exact) mass is 205 g/mol. The summed E-state index contributed by atoms with van der Waals surface area (Å²) in [5, 5.41) is 2.54. The highest BCUT2D eigenvalue weighted by atomic mass is 32.2. The van der Waals surface area contributed by atoms with E-state index in [-0.39, 0.29) is 11.9 Å². The van der Waals surface area contributed by atoms with Crippen LogP contribution in [-0.2, 0) is 14.3 Å². The zero-order valence-corrected chi connectivity index (χ0v) is 8.94. The van der Waals surface area contributed by atoms with Gasteiger partial charge in [-0.15, -0.1) is 0 Å². The Hall–Kier alpha value is -0.710. The molecule has 1 N–H and O–H groups in total. The van der Waals surface area contributed by atoms with E-state index in [4.69, 9.17) is 0 Å². The molecule has 0 bridgehead atoms. The van der Waals surface area contributed by atoms with Gasteiger partial charge in [0.2, 0.25) is 5.91 Å². The average molecular weight is 205 g/mol. The first-order valence-corrected chi connectivity index (χ1v) is 5.35. The quantitative estimate of drug-likeness (QED) is 0.661. The van der Waals surface area contributed by atoms with Gasteiger partial charge < -0.3 is 10.1 Å². The summed E-state index contributed by atoms with van der Waals surface area (Å²) in [5.74, 6) is 0.223. The highest BCUT2D eigenvalue weighted by Crippen LogP contribution is 2.02. The molecule has 1 atom stereocenters. The molecular formula is C8H15NO3S. The summed E-state index contributed by atoms with van der Waals surface area (Å²) >= 11 is 1.63. The lowest BCUT2D eigenvalue weighted by Gasteiger charge is -2.14. The van der Waals surface area contributed by atoms with Crippen LogP contribution in [0, 0.1) is 0 Å². The summed E-state index contributed by atoms with van der Waals surface area (Å²) < 4.78 is 4.55. The maximum Gasteiger partial charge on any atom is 0.328 e. The molecule has 5 heteroatoms. The Kier molecular flexibility index (Phi) is 6.40. The molecule has 0 rings (SSSR count). The molecule has 0 heterocycles. The van der Waals surface area contributed by atoms with Crippen LogP contribution in [0.1, 0.15) is 13.3 Å². The van der Waals surface area contributed by atoms with E-state index in [2.05, 4.69) is 10.1 Å². The van der Waals surface area contributed by atoms with E-state index in [1.165, 1.54) is 14.0 Å². The van der Waals surface area contributed by atoms with E-state index in [0.29, 0.717) is 6.42 Å². The Morgan fingerprint density at radius 1 is 1.54 bits per heavy atom. The van der Waals surface area contributed by atoms with Crippen molar-refractivity contribution >= 4 is 23.6 Å². The average Bonchev–Trinajstić information content (AvgIpc) is 2.10. The van der Waals surface area contributed by atoms with E-state index in [1.54, 1.807) is 11.8 Å². The van der Waals surface area contributed by atoms with Crippen LogP contribution >= 0.6 is 11.8 Å². The Balaban J connectivity index is 4.02. The lowest BCUT2D eigenvalue weighted by atomic mass is 10.2. The Bertz CT molecular complexity index is 184. The molecule has 0 saturated heterocycles. The predicted molar refractivity (Wildman–Crippen MR) is 52.6 cm³/mol. The standard InChI is InChI=1S/C8H15NO3S/c1-6(10)9-7(4-5-13-3)8(11)12-2/h7H,4-5H2,1-3H3,(H,9,10)/t7-/m1/s1. The van der Waals surface area contributed by atoms with Gasteiger partial charge in [0.05, 0.1) is 7.11 Å². The lowest BCUT2D eigenvalue weighted by molar-refractivity contribution is -0.144. The highest BCUT2D eigenvalue weighted by Gasteiger charge is 2.18. The maximum atomic E-state index is 11.1. The van der Waals surface area contributed by atoms with Crippen LogP contribution in [0.5, 0.6) is 0 Å². The van der Waals surface area contributed by atoms with Crippen LogP contribution in [0.4, 0.5) is 0 Å². The Labute approximate surface area is 82.4 Å². The fourth-order valence-corrected chi connectivity index (χ4v) is 1.34. The van der Waals surface area contributed by atoms with Gasteiger partial charge in [0.25, 0.3) is 0 Å². The number of ether oxygens (including phenoxy) is 1. The molecule has 0 spiro atoms. The van der Waals surface area contributed by atoms with E-state index >= 15 is 0 Å². The molecule has 4 nitrogen and oxygen atoms in total. The minimum absolute atomic E-state index is 0.212. The van der Waals surface area contributed by atoms with Gasteiger partial charge in [-0.2, -0.15) is 11.8 Å². The van der Waals surface area contributed by atoms with Crippen LogP contribution in [0.2, 0.25) is 0 Å². The summed E-state index contributed by atoms with van der Waals surface area (Å²) in [6.07, 6.45) is 2.55. The van der Waals surface area contributed by atoms with E-state index in [1.807, 2.05) is 6.26 Å². The first kappa shape index (κ1) is 12.3. The first-order chi connectivity index (χ1) is 6.11. The number of carbonyl (C=O) groups excluding carboxylic acids is 2. The van der Waals surface area contributed by atoms with Crippen molar-refractivity contribution in [2.24, 2.45) is 0 Å². The molecule has 0 aromatic rings. The van der Waals surface area contributed by atoms with Gasteiger partial charge in [-0.05, 0) is 18.4 Å². The minimum Gasteiger partial charge on any atom is -0.467 e. The molecular weight excluding hydrogens is 190 g/mol. The van der Waals surface area contributed by atoms with Gasteiger partial charge in [-0.1, -0.05) is 0 Å². The van der Waals surface area contributed by atoms with Crippen LogP contribution in [0.15, 0.2) is 0 Å². The van der Waals surface area contributed by atoms with Crippen LogP contribution in [0.3, 0.4) is 0 Å². The second-order valence-electron chi connectivity index (χ2n) is 2.56. The lowest BCUT2D eigenvalue weighted by Crippen LogP contribution is -2.40. The second kappa shape index (κ2) is 6.77. The van der Waals surface area contributed by atoms with Crippen molar-refractivity contribution in [1.29, 1.82) is 0 Å². The molecule has 0 fully saturated rings. The highest BCUT2D eigenvalue weighted by molar-refractivity contribution is 7.98. The van der Waals surface area contributed by atoms with Crippen LogP contribution in [-0.4, -0.2) is 37.0 Å². The minimum atomic E-state index is -0.505. The fourth-order valence-electron chi connectivity index (χ4n) is 0.872. The number of esters is 1. The fraction of sp³-hybridized carbons (Fsp3) is 0.750. The van der Waals surface area contributed by atoms with Crippen LogP contribution < -0.4 is 5.32 Å². The number of carbonyl (C=O) groups is 2. The summed E-state index contributed by atoms with van der Waals surface area (Å²) in [4.78, 5) is 21.8. The zero-order chi connectivity index (χ0) is 10.3. The third kappa shape index (κ3) is 5.52.